The number of rotatable bonds is 6. The number of allylic oxidation sites excluding steroid dienone is 1. The number of carbonyl (C=O) groups is 2. The van der Waals surface area contributed by atoms with E-state index in [4.69, 9.17) is 4.74 Å². The van der Waals surface area contributed by atoms with Crippen LogP contribution in [0.5, 0.6) is 5.75 Å². The molecular weight excluding hydrogens is 560 g/mol. The number of nitro groups is 1. The third-order valence-electron chi connectivity index (χ3n) is 5.49. The summed E-state index contributed by atoms with van der Waals surface area (Å²) >= 11 is 6.78. The van der Waals surface area contributed by atoms with Crippen LogP contribution in [-0.4, -0.2) is 28.1 Å². The normalized spacial score (nSPS) is 17.5. The van der Waals surface area contributed by atoms with E-state index in [-0.39, 0.29) is 33.9 Å². The second-order valence-corrected chi connectivity index (χ2v) is 9.33. The molecule has 33 heavy (non-hydrogen) atoms. The summed E-state index contributed by atoms with van der Waals surface area (Å²) in [6, 6.07) is 9.42. The summed E-state index contributed by atoms with van der Waals surface area (Å²) < 4.78 is 6.95. The van der Waals surface area contributed by atoms with Gasteiger partial charge in [0.1, 0.15) is 17.4 Å². The summed E-state index contributed by atoms with van der Waals surface area (Å²) in [7, 11) is 0. The molecule has 2 aromatic carbocycles. The van der Waals surface area contributed by atoms with Crippen LogP contribution in [0.2, 0.25) is 0 Å². The van der Waals surface area contributed by atoms with E-state index in [1.807, 2.05) is 6.92 Å². The molecule has 0 fully saturated rings. The molecule has 2 aliphatic rings. The van der Waals surface area contributed by atoms with Crippen molar-refractivity contribution in [3.8, 4) is 5.75 Å². The van der Waals surface area contributed by atoms with Gasteiger partial charge in [-0.05, 0) is 34.5 Å². The van der Waals surface area contributed by atoms with Gasteiger partial charge in [0.05, 0.1) is 15.0 Å². The Labute approximate surface area is 205 Å². The molecule has 10 heteroatoms. The molecule has 0 aromatic heterocycles. The molecule has 1 unspecified atom stereocenters. The van der Waals surface area contributed by atoms with Crippen LogP contribution in [0, 0.1) is 10.1 Å². The van der Waals surface area contributed by atoms with Crippen LogP contribution in [0.1, 0.15) is 47.2 Å². The molecule has 1 aliphatic carbocycles. The molecular formula is C23H18Br2N2O6. The first-order valence-electron chi connectivity index (χ1n) is 10.2. The fraction of sp³-hybridized carbons (Fsp3) is 0.217. The lowest BCUT2D eigenvalue weighted by Crippen LogP contribution is -2.35. The summed E-state index contributed by atoms with van der Waals surface area (Å²) in [5.41, 5.74) is -0.326. The Hall–Kier alpha value is -2.98. The fourth-order valence-electron chi connectivity index (χ4n) is 3.97. The predicted octanol–water partition coefficient (Wildman–Crippen LogP) is 5.26. The van der Waals surface area contributed by atoms with Crippen LogP contribution < -0.4 is 10.1 Å². The Morgan fingerprint density at radius 3 is 2.52 bits per heavy atom. The Morgan fingerprint density at radius 2 is 1.85 bits per heavy atom. The number of nitrogens with one attached hydrogen (secondary N) is 1. The van der Waals surface area contributed by atoms with E-state index in [2.05, 4.69) is 37.2 Å². The van der Waals surface area contributed by atoms with Crippen molar-refractivity contribution >= 4 is 49.2 Å². The highest BCUT2D eigenvalue weighted by Gasteiger charge is 2.48. The van der Waals surface area contributed by atoms with Gasteiger partial charge in [0.25, 0.3) is 5.88 Å². The van der Waals surface area contributed by atoms with Gasteiger partial charge in [-0.3, -0.25) is 19.7 Å². The van der Waals surface area contributed by atoms with E-state index in [9.17, 15) is 24.8 Å². The zero-order valence-corrected chi connectivity index (χ0v) is 20.5. The number of aliphatic hydroxyl groups is 1. The molecule has 2 N–H and O–H groups in total. The largest absolute Gasteiger partial charge is 0.507 e. The Bertz CT molecular complexity index is 1270. The van der Waals surface area contributed by atoms with Crippen LogP contribution in [0.3, 0.4) is 0 Å². The number of ether oxygens (including phenoxy) is 1. The van der Waals surface area contributed by atoms with Gasteiger partial charge in [-0.15, -0.1) is 0 Å². The molecule has 0 bridgehead atoms. The van der Waals surface area contributed by atoms with Crippen molar-refractivity contribution in [3.63, 3.8) is 0 Å². The molecule has 0 saturated heterocycles. The number of carbonyl (C=O) groups excluding carboxylic acids is 2. The maximum atomic E-state index is 13.2. The van der Waals surface area contributed by atoms with Crippen LogP contribution in [0.4, 0.5) is 0 Å². The first-order valence-corrected chi connectivity index (χ1v) is 11.8. The number of nitrogens with zero attached hydrogens (tertiary/aromatic N) is 1. The maximum absolute atomic E-state index is 13.2. The number of unbranched alkanes of at least 4 members (excludes halogenated alkanes) is 1. The number of benzene rings is 2. The van der Waals surface area contributed by atoms with Crippen molar-refractivity contribution in [1.82, 2.24) is 5.32 Å². The zero-order chi connectivity index (χ0) is 23.9. The number of Topliss-reactive ketones (excluding diaryl/α,β-unsaturated/α-hetero) is 2. The van der Waals surface area contributed by atoms with E-state index in [0.29, 0.717) is 15.5 Å². The molecule has 0 amide bonds. The third kappa shape index (κ3) is 3.97. The number of hydrogen-bond acceptors (Lipinski definition) is 7. The van der Waals surface area contributed by atoms with Crippen molar-refractivity contribution in [2.24, 2.45) is 0 Å². The number of hydrogen-bond donors (Lipinski definition) is 2. The van der Waals surface area contributed by atoms with Crippen LogP contribution >= 0.6 is 31.9 Å². The lowest BCUT2D eigenvalue weighted by Gasteiger charge is -2.29. The van der Waals surface area contributed by atoms with Crippen LogP contribution in [0.15, 0.2) is 62.5 Å². The summed E-state index contributed by atoms with van der Waals surface area (Å²) in [4.78, 5) is 37.7. The van der Waals surface area contributed by atoms with E-state index in [1.54, 1.807) is 24.3 Å². The van der Waals surface area contributed by atoms with E-state index >= 15 is 0 Å². The number of fused-ring (bicyclic) bond motifs is 2. The van der Waals surface area contributed by atoms with Crippen molar-refractivity contribution < 1.29 is 24.4 Å². The summed E-state index contributed by atoms with van der Waals surface area (Å²) in [5, 5.41) is 26.3. The van der Waals surface area contributed by atoms with Gasteiger partial charge in [0.15, 0.2) is 0 Å². The minimum Gasteiger partial charge on any atom is -0.507 e. The number of ketones is 2. The standard InChI is InChI=1S/C23H18Br2N2O6/c1-2-3-8-26-23-18(27(31)32)16(14-9-11(24)10-15(25)22(14)33-23)17-19(28)12-6-4-5-7-13(12)20(29)21(17)30/h4-7,9-10,16,26,28H,2-3,8H2,1H3. The molecule has 0 radical (unpaired) electrons. The van der Waals surface area contributed by atoms with E-state index in [1.165, 1.54) is 12.1 Å². The van der Waals surface area contributed by atoms with Crippen molar-refractivity contribution in [3.05, 3.63) is 89.3 Å². The highest BCUT2D eigenvalue weighted by Crippen LogP contribution is 2.50. The van der Waals surface area contributed by atoms with Gasteiger partial charge in [-0.25, -0.2) is 0 Å². The summed E-state index contributed by atoms with van der Waals surface area (Å²) in [6.07, 6.45) is 1.58. The van der Waals surface area contributed by atoms with Gasteiger partial charge in [-0.2, -0.15) is 0 Å². The third-order valence-corrected chi connectivity index (χ3v) is 6.54. The van der Waals surface area contributed by atoms with Gasteiger partial charge < -0.3 is 15.2 Å². The first-order chi connectivity index (χ1) is 15.8. The van der Waals surface area contributed by atoms with Gasteiger partial charge >= 0.3 is 5.70 Å². The predicted molar refractivity (Wildman–Crippen MR) is 127 cm³/mol. The fourth-order valence-corrected chi connectivity index (χ4v) is 5.31. The lowest BCUT2D eigenvalue weighted by molar-refractivity contribution is -0.433. The van der Waals surface area contributed by atoms with Gasteiger partial charge in [-0.1, -0.05) is 53.5 Å². The minimum atomic E-state index is -1.34. The highest BCUT2D eigenvalue weighted by molar-refractivity contribution is 9.11. The van der Waals surface area contributed by atoms with Crippen LogP contribution in [0.25, 0.3) is 5.76 Å². The van der Waals surface area contributed by atoms with Gasteiger partial charge in [0.2, 0.25) is 11.6 Å². The molecule has 170 valence electrons. The first kappa shape index (κ1) is 23.2. The smallest absolute Gasteiger partial charge is 0.317 e. The molecule has 4 rings (SSSR count). The quantitative estimate of drug-likeness (QED) is 0.208. The molecule has 1 heterocycles. The molecule has 0 spiro atoms. The topological polar surface area (TPSA) is 119 Å². The lowest BCUT2D eigenvalue weighted by atomic mass is 9.77. The molecule has 1 atom stereocenters. The maximum Gasteiger partial charge on any atom is 0.317 e. The Morgan fingerprint density at radius 1 is 1.15 bits per heavy atom. The summed E-state index contributed by atoms with van der Waals surface area (Å²) in [5.74, 6) is -3.50. The average Bonchev–Trinajstić information content (AvgIpc) is 2.78. The van der Waals surface area contributed by atoms with Crippen molar-refractivity contribution in [1.29, 1.82) is 0 Å². The van der Waals surface area contributed by atoms with Crippen LogP contribution in [-0.2, 0) is 4.79 Å². The van der Waals surface area contributed by atoms with E-state index < -0.39 is 33.9 Å². The highest BCUT2D eigenvalue weighted by atomic mass is 79.9. The SMILES string of the molecule is CCCCNC1=C([N+](=O)[O-])C(C2=C(O)c3ccccc3C(=O)C2=O)c2cc(Br)cc(Br)c2O1. The molecule has 2 aromatic rings. The molecule has 1 aliphatic heterocycles. The molecule has 8 nitrogen and oxygen atoms in total. The Balaban J connectivity index is 2.03. The Kier molecular flexibility index (Phi) is 6.40. The van der Waals surface area contributed by atoms with E-state index in [0.717, 1.165) is 12.8 Å². The number of aliphatic hydroxyl groups excluding tert-OH is 1. The monoisotopic (exact) mass is 576 g/mol. The molecule has 0 saturated carbocycles. The number of halogens is 2. The minimum absolute atomic E-state index is 0.0550. The second kappa shape index (κ2) is 9.11. The van der Waals surface area contributed by atoms with Crippen molar-refractivity contribution in [2.75, 3.05) is 6.54 Å². The second-order valence-electron chi connectivity index (χ2n) is 7.56. The van der Waals surface area contributed by atoms with Crippen molar-refractivity contribution in [2.45, 2.75) is 25.7 Å². The summed E-state index contributed by atoms with van der Waals surface area (Å²) in [6.45, 7) is 2.38. The average molecular weight is 578 g/mol. The van der Waals surface area contributed by atoms with Gasteiger partial charge in [0, 0.05) is 27.7 Å². The zero-order valence-electron chi connectivity index (χ0n) is 17.4.